The highest BCUT2D eigenvalue weighted by molar-refractivity contribution is 5.69. The molecule has 0 unspecified atom stereocenters. The van der Waals surface area contributed by atoms with Gasteiger partial charge in [0, 0.05) is 6.54 Å². The summed E-state index contributed by atoms with van der Waals surface area (Å²) < 4.78 is 10.5. The number of carbonyl (C=O) groups excluding carboxylic acids is 1. The Kier molecular flexibility index (Phi) is 2.18. The van der Waals surface area contributed by atoms with Crippen LogP contribution in [0.5, 0.6) is 0 Å². The van der Waals surface area contributed by atoms with Gasteiger partial charge < -0.3 is 14.4 Å². The molecule has 0 radical (unpaired) electrons. The van der Waals surface area contributed by atoms with Crippen molar-refractivity contribution in [1.82, 2.24) is 4.90 Å². The van der Waals surface area contributed by atoms with Crippen LogP contribution < -0.4 is 0 Å². The summed E-state index contributed by atoms with van der Waals surface area (Å²) in [5, 5.41) is 0. The summed E-state index contributed by atoms with van der Waals surface area (Å²) in [5.74, 6) is 0. The lowest BCUT2D eigenvalue weighted by Gasteiger charge is -2.40. The van der Waals surface area contributed by atoms with Crippen LogP contribution in [-0.2, 0) is 9.47 Å². The van der Waals surface area contributed by atoms with Gasteiger partial charge in [-0.05, 0) is 27.2 Å². The first-order valence-electron chi connectivity index (χ1n) is 5.08. The van der Waals surface area contributed by atoms with E-state index in [9.17, 15) is 4.79 Å². The third kappa shape index (κ3) is 2.00. The minimum atomic E-state index is -0.401. The quantitative estimate of drug-likeness (QED) is 0.599. The van der Waals surface area contributed by atoms with Crippen molar-refractivity contribution in [3.63, 3.8) is 0 Å². The Hall–Kier alpha value is -0.770. The predicted octanol–water partition coefficient (Wildman–Crippen LogP) is 1.39. The van der Waals surface area contributed by atoms with Crippen molar-refractivity contribution in [3.05, 3.63) is 0 Å². The average Bonchev–Trinajstić information content (AvgIpc) is 2.62. The molecule has 4 nitrogen and oxygen atoms in total. The monoisotopic (exact) mass is 199 g/mol. The topological polar surface area (TPSA) is 42.1 Å². The summed E-state index contributed by atoms with van der Waals surface area (Å²) in [6.45, 7) is 7.25. The molecule has 2 rings (SSSR count). The Morgan fingerprint density at radius 3 is 2.50 bits per heavy atom. The number of rotatable bonds is 1. The van der Waals surface area contributed by atoms with E-state index in [0.717, 1.165) is 19.6 Å². The van der Waals surface area contributed by atoms with Gasteiger partial charge in [-0.1, -0.05) is 0 Å². The zero-order chi connectivity index (χ0) is 10.3. The molecule has 80 valence electrons. The molecular weight excluding hydrogens is 182 g/mol. The maximum atomic E-state index is 11.6. The normalized spacial score (nSPS) is 30.9. The highest BCUT2D eigenvalue weighted by Gasteiger charge is 2.45. The fourth-order valence-corrected chi connectivity index (χ4v) is 1.62. The Morgan fingerprint density at radius 2 is 2.14 bits per heavy atom. The molecule has 2 saturated heterocycles. The van der Waals surface area contributed by atoms with Crippen molar-refractivity contribution in [2.75, 3.05) is 13.2 Å². The van der Waals surface area contributed by atoms with Crippen molar-refractivity contribution in [2.45, 2.75) is 44.9 Å². The Morgan fingerprint density at radius 1 is 1.50 bits per heavy atom. The second-order valence-electron chi connectivity index (χ2n) is 4.90. The maximum absolute atomic E-state index is 11.6. The lowest BCUT2D eigenvalue weighted by atomic mass is 10.0. The fraction of sp³-hybridized carbons (Fsp3) is 0.900. The van der Waals surface area contributed by atoms with Crippen LogP contribution in [0, 0.1) is 0 Å². The van der Waals surface area contributed by atoms with Gasteiger partial charge in [-0.2, -0.15) is 0 Å². The number of nitrogens with zero attached hydrogens (tertiary/aromatic N) is 1. The van der Waals surface area contributed by atoms with Gasteiger partial charge in [0.25, 0.3) is 0 Å². The molecule has 0 aromatic carbocycles. The van der Waals surface area contributed by atoms with Gasteiger partial charge in [-0.15, -0.1) is 0 Å². The van der Waals surface area contributed by atoms with Gasteiger partial charge in [0.1, 0.15) is 11.7 Å². The number of epoxide rings is 1. The third-order valence-corrected chi connectivity index (χ3v) is 2.48. The Bertz CT molecular complexity index is 242. The molecule has 0 aromatic heterocycles. The lowest BCUT2D eigenvalue weighted by Crippen LogP contribution is -2.55. The zero-order valence-corrected chi connectivity index (χ0v) is 8.95. The third-order valence-electron chi connectivity index (χ3n) is 2.48. The molecule has 2 heterocycles. The highest BCUT2D eigenvalue weighted by atomic mass is 16.6. The summed E-state index contributed by atoms with van der Waals surface area (Å²) in [6.07, 6.45) is 1.12. The molecular formula is C10H17NO3. The summed E-state index contributed by atoms with van der Waals surface area (Å²) >= 11 is 0. The van der Waals surface area contributed by atoms with Crippen LogP contribution in [0.1, 0.15) is 27.2 Å². The SMILES string of the molecule is CC(C)(C)OC(=O)N1CC[C@H]1[C@H]1CO1. The molecule has 0 spiro atoms. The highest BCUT2D eigenvalue weighted by Crippen LogP contribution is 2.30. The number of ether oxygens (including phenoxy) is 2. The molecule has 2 aliphatic rings. The van der Waals surface area contributed by atoms with E-state index < -0.39 is 5.60 Å². The second-order valence-corrected chi connectivity index (χ2v) is 4.90. The van der Waals surface area contributed by atoms with Gasteiger partial charge in [0.15, 0.2) is 0 Å². The smallest absolute Gasteiger partial charge is 0.410 e. The standard InChI is InChI=1S/C10H17NO3/c1-10(2,3)14-9(12)11-5-4-7(11)8-6-13-8/h7-8H,4-6H2,1-3H3/t7-,8+/m0/s1. The lowest BCUT2D eigenvalue weighted by molar-refractivity contribution is -0.0104. The van der Waals surface area contributed by atoms with Crippen molar-refractivity contribution in [2.24, 2.45) is 0 Å². The first-order valence-corrected chi connectivity index (χ1v) is 5.08. The van der Waals surface area contributed by atoms with Crippen molar-refractivity contribution < 1.29 is 14.3 Å². The molecule has 14 heavy (non-hydrogen) atoms. The summed E-state index contributed by atoms with van der Waals surface area (Å²) in [4.78, 5) is 13.4. The van der Waals surface area contributed by atoms with Gasteiger partial charge in [0.05, 0.1) is 12.6 Å². The molecule has 2 aliphatic heterocycles. The largest absolute Gasteiger partial charge is 0.444 e. The number of carbonyl (C=O) groups is 1. The molecule has 1 amide bonds. The van der Waals surface area contributed by atoms with Gasteiger partial charge in [-0.25, -0.2) is 4.79 Å². The van der Waals surface area contributed by atoms with E-state index in [-0.39, 0.29) is 18.2 Å². The fourth-order valence-electron chi connectivity index (χ4n) is 1.62. The maximum Gasteiger partial charge on any atom is 0.410 e. The van der Waals surface area contributed by atoms with E-state index in [2.05, 4.69) is 0 Å². The van der Waals surface area contributed by atoms with Crippen LogP contribution in [0.4, 0.5) is 4.79 Å². The van der Waals surface area contributed by atoms with Crippen LogP contribution in [-0.4, -0.2) is 41.9 Å². The van der Waals surface area contributed by atoms with Gasteiger partial charge >= 0.3 is 6.09 Å². The predicted molar refractivity (Wildman–Crippen MR) is 51.1 cm³/mol. The molecule has 2 fully saturated rings. The van der Waals surface area contributed by atoms with E-state index in [1.807, 2.05) is 20.8 Å². The summed E-state index contributed by atoms with van der Waals surface area (Å²) in [7, 11) is 0. The molecule has 0 saturated carbocycles. The van der Waals surface area contributed by atoms with Crippen molar-refractivity contribution in [3.8, 4) is 0 Å². The first kappa shape index (κ1) is 9.77. The molecule has 4 heteroatoms. The average molecular weight is 199 g/mol. The molecule has 0 bridgehead atoms. The summed E-state index contributed by atoms with van der Waals surface area (Å²) in [5.41, 5.74) is -0.401. The molecule has 0 aromatic rings. The molecule has 0 aliphatic carbocycles. The van der Waals surface area contributed by atoms with Crippen LogP contribution in [0.2, 0.25) is 0 Å². The minimum Gasteiger partial charge on any atom is -0.444 e. The minimum absolute atomic E-state index is 0.204. The van der Waals surface area contributed by atoms with Crippen molar-refractivity contribution in [1.29, 1.82) is 0 Å². The number of amides is 1. The summed E-state index contributed by atoms with van der Waals surface area (Å²) in [6, 6.07) is 0.268. The van der Waals surface area contributed by atoms with Gasteiger partial charge in [0.2, 0.25) is 0 Å². The van der Waals surface area contributed by atoms with E-state index in [0.29, 0.717) is 0 Å². The molecule has 2 atom stereocenters. The van der Waals surface area contributed by atoms with Crippen LogP contribution in [0.3, 0.4) is 0 Å². The van der Waals surface area contributed by atoms with E-state index in [1.165, 1.54) is 0 Å². The second kappa shape index (κ2) is 3.12. The van der Waals surface area contributed by atoms with Crippen LogP contribution in [0.25, 0.3) is 0 Å². The van der Waals surface area contributed by atoms with Crippen LogP contribution in [0.15, 0.2) is 0 Å². The first-order chi connectivity index (χ1) is 6.47. The molecule has 0 N–H and O–H groups in total. The Labute approximate surface area is 84.2 Å². The van der Waals surface area contributed by atoms with Crippen molar-refractivity contribution >= 4 is 6.09 Å². The Balaban J connectivity index is 1.85. The van der Waals surface area contributed by atoms with Gasteiger partial charge in [-0.3, -0.25) is 0 Å². The van der Waals surface area contributed by atoms with E-state index in [4.69, 9.17) is 9.47 Å². The number of hydrogen-bond donors (Lipinski definition) is 0. The zero-order valence-electron chi connectivity index (χ0n) is 8.95. The van der Waals surface area contributed by atoms with E-state index >= 15 is 0 Å². The van der Waals surface area contributed by atoms with Crippen LogP contribution >= 0.6 is 0 Å². The number of hydrogen-bond acceptors (Lipinski definition) is 3. The van der Waals surface area contributed by atoms with E-state index in [1.54, 1.807) is 4.90 Å². The number of likely N-dealkylation sites (tertiary alicyclic amines) is 1.